The van der Waals surface area contributed by atoms with Crippen LogP contribution in [0.2, 0.25) is 0 Å². The number of ether oxygens (including phenoxy) is 1. The van der Waals surface area contributed by atoms with Crippen LogP contribution in [0, 0.1) is 0 Å². The van der Waals surface area contributed by atoms with Crippen molar-refractivity contribution in [3.05, 3.63) is 23.9 Å². The van der Waals surface area contributed by atoms with Crippen molar-refractivity contribution in [1.82, 2.24) is 4.98 Å². The van der Waals surface area contributed by atoms with Crippen molar-refractivity contribution in [3.8, 4) is 5.88 Å². The second-order valence-electron chi connectivity index (χ2n) is 3.58. The second-order valence-corrected chi connectivity index (χ2v) is 3.58. The van der Waals surface area contributed by atoms with E-state index in [2.05, 4.69) is 11.9 Å². The first-order valence-electron chi connectivity index (χ1n) is 5.65. The average Bonchev–Trinajstić information content (AvgIpc) is 2.29. The van der Waals surface area contributed by atoms with Crippen LogP contribution in [0.25, 0.3) is 0 Å². The van der Waals surface area contributed by atoms with E-state index < -0.39 is 0 Å². The summed E-state index contributed by atoms with van der Waals surface area (Å²) < 4.78 is 5.58. The van der Waals surface area contributed by atoms with Gasteiger partial charge in [0.2, 0.25) is 5.88 Å². The van der Waals surface area contributed by atoms with Crippen LogP contribution in [-0.4, -0.2) is 11.6 Å². The summed E-state index contributed by atoms with van der Waals surface area (Å²) in [6.07, 6.45) is 6.57. The van der Waals surface area contributed by atoms with E-state index >= 15 is 0 Å². The first kappa shape index (κ1) is 12.0. The van der Waals surface area contributed by atoms with E-state index in [1.54, 1.807) is 6.20 Å². The minimum absolute atomic E-state index is 0.484. The highest BCUT2D eigenvalue weighted by Gasteiger charge is 2.01. The Labute approximate surface area is 91.7 Å². The summed E-state index contributed by atoms with van der Waals surface area (Å²) in [5.41, 5.74) is 6.56. The van der Waals surface area contributed by atoms with Crippen LogP contribution >= 0.6 is 0 Å². The highest BCUT2D eigenvalue weighted by Crippen LogP contribution is 2.13. The van der Waals surface area contributed by atoms with Crippen LogP contribution in [0.5, 0.6) is 5.88 Å². The summed E-state index contributed by atoms with van der Waals surface area (Å²) in [7, 11) is 0. The maximum Gasteiger partial charge on any atom is 0.217 e. The molecule has 0 aliphatic rings. The van der Waals surface area contributed by atoms with Crippen molar-refractivity contribution in [1.29, 1.82) is 0 Å². The van der Waals surface area contributed by atoms with Crippen LogP contribution < -0.4 is 10.5 Å². The lowest BCUT2D eigenvalue weighted by Gasteiger charge is -2.08. The molecule has 1 aromatic heterocycles. The third-order valence-electron chi connectivity index (χ3n) is 2.31. The summed E-state index contributed by atoms with van der Waals surface area (Å²) in [6.45, 7) is 3.42. The zero-order valence-electron chi connectivity index (χ0n) is 9.41. The molecule has 15 heavy (non-hydrogen) atoms. The fourth-order valence-corrected chi connectivity index (χ4v) is 1.41. The van der Waals surface area contributed by atoms with Crippen molar-refractivity contribution < 1.29 is 4.74 Å². The van der Waals surface area contributed by atoms with Gasteiger partial charge in [0.1, 0.15) is 0 Å². The molecule has 0 bridgehead atoms. The SMILES string of the molecule is CCCCCCOc1ncccc1CN. The predicted molar refractivity (Wildman–Crippen MR) is 61.8 cm³/mol. The van der Waals surface area contributed by atoms with Gasteiger partial charge in [-0.25, -0.2) is 4.98 Å². The summed E-state index contributed by atoms with van der Waals surface area (Å²) in [4.78, 5) is 4.17. The number of hydrogen-bond acceptors (Lipinski definition) is 3. The van der Waals surface area contributed by atoms with E-state index in [1.807, 2.05) is 12.1 Å². The molecule has 3 heteroatoms. The van der Waals surface area contributed by atoms with Gasteiger partial charge in [0, 0.05) is 18.3 Å². The molecule has 0 spiro atoms. The smallest absolute Gasteiger partial charge is 0.217 e. The Bertz CT molecular complexity index is 276. The molecule has 84 valence electrons. The molecule has 0 radical (unpaired) electrons. The van der Waals surface area contributed by atoms with Crippen LogP contribution in [0.4, 0.5) is 0 Å². The Morgan fingerprint density at radius 2 is 2.20 bits per heavy atom. The average molecular weight is 208 g/mol. The van der Waals surface area contributed by atoms with Gasteiger partial charge in [0.25, 0.3) is 0 Å². The normalized spacial score (nSPS) is 10.3. The Morgan fingerprint density at radius 1 is 1.33 bits per heavy atom. The number of nitrogens with two attached hydrogens (primary N) is 1. The molecule has 1 heterocycles. The summed E-state index contributed by atoms with van der Waals surface area (Å²) in [5, 5.41) is 0. The highest BCUT2D eigenvalue weighted by atomic mass is 16.5. The standard InChI is InChI=1S/C12H20N2O/c1-2-3-4-5-9-15-12-11(10-13)7-6-8-14-12/h6-8H,2-5,9-10,13H2,1H3. The molecule has 1 aromatic rings. The third-order valence-corrected chi connectivity index (χ3v) is 2.31. The zero-order valence-corrected chi connectivity index (χ0v) is 9.41. The minimum atomic E-state index is 0.484. The van der Waals surface area contributed by atoms with Crippen molar-refractivity contribution in [2.45, 2.75) is 39.2 Å². The number of nitrogens with zero attached hydrogens (tertiary/aromatic N) is 1. The second kappa shape index (κ2) is 7.23. The number of aromatic nitrogens is 1. The van der Waals surface area contributed by atoms with Gasteiger partial charge >= 0.3 is 0 Å². The van der Waals surface area contributed by atoms with E-state index in [4.69, 9.17) is 10.5 Å². The van der Waals surface area contributed by atoms with Gasteiger partial charge in [-0.05, 0) is 12.5 Å². The fourth-order valence-electron chi connectivity index (χ4n) is 1.41. The van der Waals surface area contributed by atoms with Crippen LogP contribution in [0.1, 0.15) is 38.2 Å². The van der Waals surface area contributed by atoms with E-state index in [9.17, 15) is 0 Å². The topological polar surface area (TPSA) is 48.1 Å². The van der Waals surface area contributed by atoms with Gasteiger partial charge in [-0.15, -0.1) is 0 Å². The molecule has 0 saturated carbocycles. The number of pyridine rings is 1. The molecular formula is C12H20N2O. The highest BCUT2D eigenvalue weighted by molar-refractivity contribution is 5.24. The van der Waals surface area contributed by atoms with E-state index in [0.717, 1.165) is 18.6 Å². The Kier molecular flexibility index (Phi) is 5.78. The van der Waals surface area contributed by atoms with Crippen molar-refractivity contribution >= 4 is 0 Å². The Balaban J connectivity index is 2.30. The van der Waals surface area contributed by atoms with Crippen molar-refractivity contribution in [2.75, 3.05) is 6.61 Å². The molecule has 0 fully saturated rings. The van der Waals surface area contributed by atoms with E-state index in [-0.39, 0.29) is 0 Å². The third kappa shape index (κ3) is 4.30. The lowest BCUT2D eigenvalue weighted by atomic mass is 10.2. The van der Waals surface area contributed by atoms with Gasteiger partial charge in [-0.3, -0.25) is 0 Å². The van der Waals surface area contributed by atoms with Crippen LogP contribution in [0.15, 0.2) is 18.3 Å². The maximum atomic E-state index is 5.58. The van der Waals surface area contributed by atoms with Gasteiger partial charge in [-0.1, -0.05) is 32.3 Å². The van der Waals surface area contributed by atoms with E-state index in [1.165, 1.54) is 19.3 Å². The van der Waals surface area contributed by atoms with E-state index in [0.29, 0.717) is 12.4 Å². The van der Waals surface area contributed by atoms with Crippen LogP contribution in [-0.2, 0) is 6.54 Å². The molecule has 0 aliphatic heterocycles. The van der Waals surface area contributed by atoms with Gasteiger partial charge in [0.05, 0.1) is 6.61 Å². The summed E-state index contributed by atoms with van der Waals surface area (Å²) >= 11 is 0. The van der Waals surface area contributed by atoms with Gasteiger partial charge in [-0.2, -0.15) is 0 Å². The maximum absolute atomic E-state index is 5.58. The van der Waals surface area contributed by atoms with Crippen LogP contribution in [0.3, 0.4) is 0 Å². The zero-order chi connectivity index (χ0) is 10.9. The number of hydrogen-bond donors (Lipinski definition) is 1. The Morgan fingerprint density at radius 3 is 2.93 bits per heavy atom. The van der Waals surface area contributed by atoms with Crippen molar-refractivity contribution in [2.24, 2.45) is 5.73 Å². The largest absolute Gasteiger partial charge is 0.477 e. The van der Waals surface area contributed by atoms with Gasteiger partial charge < -0.3 is 10.5 Å². The molecule has 0 atom stereocenters. The molecule has 0 unspecified atom stereocenters. The number of rotatable bonds is 7. The first-order chi connectivity index (χ1) is 7.38. The lowest BCUT2D eigenvalue weighted by Crippen LogP contribution is -2.05. The van der Waals surface area contributed by atoms with Gasteiger partial charge in [0.15, 0.2) is 0 Å². The minimum Gasteiger partial charge on any atom is -0.477 e. The lowest BCUT2D eigenvalue weighted by molar-refractivity contribution is 0.291. The van der Waals surface area contributed by atoms with Crippen molar-refractivity contribution in [3.63, 3.8) is 0 Å². The molecule has 0 saturated heterocycles. The quantitative estimate of drug-likeness (QED) is 0.700. The fraction of sp³-hybridized carbons (Fsp3) is 0.583. The monoisotopic (exact) mass is 208 g/mol. The first-order valence-corrected chi connectivity index (χ1v) is 5.65. The predicted octanol–water partition coefficient (Wildman–Crippen LogP) is 2.50. The Hall–Kier alpha value is -1.09. The molecule has 0 aliphatic carbocycles. The molecule has 1 rings (SSSR count). The number of unbranched alkanes of at least 4 members (excludes halogenated alkanes) is 3. The summed E-state index contributed by atoms with van der Waals surface area (Å²) in [5.74, 6) is 0.691. The molecule has 0 aromatic carbocycles. The molecular weight excluding hydrogens is 188 g/mol. The molecule has 3 nitrogen and oxygen atoms in total. The molecule has 2 N–H and O–H groups in total. The summed E-state index contributed by atoms with van der Waals surface area (Å²) in [6, 6.07) is 3.83. The molecule has 0 amide bonds.